The molecule has 2 N–H and O–H groups in total. The van der Waals surface area contributed by atoms with Gasteiger partial charge < -0.3 is 10.4 Å². The standard InChI is InChI=1S/C16H32N2O/c1-5-15(2,3)18(4)14-7-6-10-16(11-14,12-19)17-13-8-9-13/h13-14,17,19H,5-12H2,1-4H3. The van der Waals surface area contributed by atoms with Crippen LogP contribution in [-0.4, -0.2) is 46.8 Å². The zero-order chi connectivity index (χ0) is 14.1. The van der Waals surface area contributed by atoms with Crippen LogP contribution in [-0.2, 0) is 0 Å². The average Bonchev–Trinajstić information content (AvgIpc) is 3.21. The zero-order valence-corrected chi connectivity index (χ0v) is 13.2. The molecule has 0 saturated heterocycles. The smallest absolute Gasteiger partial charge is 0.0613 e. The van der Waals surface area contributed by atoms with E-state index in [1.165, 1.54) is 32.1 Å². The molecule has 19 heavy (non-hydrogen) atoms. The predicted molar refractivity (Wildman–Crippen MR) is 80.4 cm³/mol. The molecule has 0 spiro atoms. The van der Waals surface area contributed by atoms with Crippen LogP contribution in [0.1, 0.15) is 65.7 Å². The summed E-state index contributed by atoms with van der Waals surface area (Å²) < 4.78 is 0. The maximum absolute atomic E-state index is 9.90. The molecule has 2 aliphatic carbocycles. The van der Waals surface area contributed by atoms with Gasteiger partial charge in [-0.25, -0.2) is 0 Å². The van der Waals surface area contributed by atoms with Crippen molar-refractivity contribution in [3.63, 3.8) is 0 Å². The number of aliphatic hydroxyl groups excluding tert-OH is 1. The normalized spacial score (nSPS) is 32.8. The summed E-state index contributed by atoms with van der Waals surface area (Å²) in [5, 5.41) is 13.6. The van der Waals surface area contributed by atoms with Crippen LogP contribution in [0.3, 0.4) is 0 Å². The van der Waals surface area contributed by atoms with Gasteiger partial charge in [0.25, 0.3) is 0 Å². The summed E-state index contributed by atoms with van der Waals surface area (Å²) in [6, 6.07) is 1.28. The maximum Gasteiger partial charge on any atom is 0.0613 e. The maximum atomic E-state index is 9.90. The van der Waals surface area contributed by atoms with E-state index in [2.05, 4.69) is 38.0 Å². The van der Waals surface area contributed by atoms with Gasteiger partial charge in [0.2, 0.25) is 0 Å². The topological polar surface area (TPSA) is 35.5 Å². The first kappa shape index (κ1) is 15.3. The highest BCUT2D eigenvalue weighted by Crippen LogP contribution is 2.36. The van der Waals surface area contributed by atoms with E-state index in [0.717, 1.165) is 12.8 Å². The summed E-state index contributed by atoms with van der Waals surface area (Å²) in [6.45, 7) is 7.22. The van der Waals surface area contributed by atoms with Gasteiger partial charge in [0, 0.05) is 23.2 Å². The number of nitrogens with zero attached hydrogens (tertiary/aromatic N) is 1. The van der Waals surface area contributed by atoms with Gasteiger partial charge in [-0.1, -0.05) is 6.92 Å². The second-order valence-electron chi connectivity index (χ2n) is 7.38. The minimum absolute atomic E-state index is 0.0117. The Morgan fingerprint density at radius 1 is 1.32 bits per heavy atom. The quantitative estimate of drug-likeness (QED) is 0.777. The van der Waals surface area contributed by atoms with Gasteiger partial charge in [-0.3, -0.25) is 4.90 Å². The molecule has 0 bridgehead atoms. The third-order valence-electron chi connectivity index (χ3n) is 5.58. The van der Waals surface area contributed by atoms with Crippen molar-refractivity contribution in [2.75, 3.05) is 13.7 Å². The summed E-state index contributed by atoms with van der Waals surface area (Å²) >= 11 is 0. The van der Waals surface area contributed by atoms with E-state index in [1.54, 1.807) is 0 Å². The lowest BCUT2D eigenvalue weighted by molar-refractivity contribution is 0.0237. The molecule has 112 valence electrons. The molecule has 2 unspecified atom stereocenters. The number of aliphatic hydroxyl groups is 1. The highest BCUT2D eigenvalue weighted by atomic mass is 16.3. The molecule has 0 radical (unpaired) electrons. The van der Waals surface area contributed by atoms with Crippen molar-refractivity contribution in [2.45, 2.75) is 88.9 Å². The van der Waals surface area contributed by atoms with Gasteiger partial charge in [-0.15, -0.1) is 0 Å². The molecular weight excluding hydrogens is 236 g/mol. The van der Waals surface area contributed by atoms with Crippen LogP contribution in [0.5, 0.6) is 0 Å². The Morgan fingerprint density at radius 2 is 2.00 bits per heavy atom. The Hall–Kier alpha value is -0.120. The van der Waals surface area contributed by atoms with E-state index in [-0.39, 0.29) is 11.1 Å². The van der Waals surface area contributed by atoms with Crippen LogP contribution in [0, 0.1) is 0 Å². The Balaban J connectivity index is 2.02. The molecule has 3 heteroatoms. The van der Waals surface area contributed by atoms with Gasteiger partial charge in [-0.2, -0.15) is 0 Å². The molecular formula is C16H32N2O. The van der Waals surface area contributed by atoms with Crippen molar-refractivity contribution in [2.24, 2.45) is 0 Å². The van der Waals surface area contributed by atoms with Crippen molar-refractivity contribution in [3.8, 4) is 0 Å². The van der Waals surface area contributed by atoms with E-state index in [4.69, 9.17) is 0 Å². The first-order valence-corrected chi connectivity index (χ1v) is 8.04. The minimum Gasteiger partial charge on any atom is -0.394 e. The van der Waals surface area contributed by atoms with Crippen LogP contribution in [0.4, 0.5) is 0 Å². The van der Waals surface area contributed by atoms with Gasteiger partial charge in [0.15, 0.2) is 0 Å². The Kier molecular flexibility index (Phi) is 4.59. The number of nitrogens with one attached hydrogen (secondary N) is 1. The average molecular weight is 268 g/mol. The fourth-order valence-electron chi connectivity index (χ4n) is 3.39. The molecule has 2 fully saturated rings. The van der Waals surface area contributed by atoms with Crippen molar-refractivity contribution in [3.05, 3.63) is 0 Å². The molecule has 0 amide bonds. The Labute approximate surface area is 118 Å². The Bertz CT molecular complexity index is 301. The van der Waals surface area contributed by atoms with Crippen LogP contribution in [0.2, 0.25) is 0 Å². The summed E-state index contributed by atoms with van der Waals surface area (Å²) in [7, 11) is 2.26. The lowest BCUT2D eigenvalue weighted by atomic mass is 9.77. The third kappa shape index (κ3) is 3.50. The highest BCUT2D eigenvalue weighted by Gasteiger charge is 2.42. The first-order valence-electron chi connectivity index (χ1n) is 8.04. The van der Waals surface area contributed by atoms with Crippen molar-refractivity contribution >= 4 is 0 Å². The molecule has 0 aromatic rings. The molecule has 0 aromatic carbocycles. The molecule has 3 nitrogen and oxygen atoms in total. The van der Waals surface area contributed by atoms with Gasteiger partial charge in [-0.05, 0) is 65.8 Å². The van der Waals surface area contributed by atoms with Crippen LogP contribution >= 0.6 is 0 Å². The monoisotopic (exact) mass is 268 g/mol. The lowest BCUT2D eigenvalue weighted by Crippen LogP contribution is -2.58. The zero-order valence-electron chi connectivity index (χ0n) is 13.2. The second kappa shape index (κ2) is 5.71. The van der Waals surface area contributed by atoms with Gasteiger partial charge in [0.1, 0.15) is 0 Å². The largest absolute Gasteiger partial charge is 0.394 e. The van der Waals surface area contributed by atoms with Crippen molar-refractivity contribution in [1.29, 1.82) is 0 Å². The number of hydrogen-bond acceptors (Lipinski definition) is 3. The summed E-state index contributed by atoms with van der Waals surface area (Å²) in [5.74, 6) is 0. The van der Waals surface area contributed by atoms with E-state index in [0.29, 0.717) is 18.7 Å². The van der Waals surface area contributed by atoms with Crippen LogP contribution < -0.4 is 5.32 Å². The molecule has 0 aromatic heterocycles. The summed E-state index contributed by atoms with van der Waals surface area (Å²) in [5.41, 5.74) is 0.241. The van der Waals surface area contributed by atoms with E-state index in [1.807, 2.05) is 0 Å². The number of rotatable bonds is 6. The predicted octanol–water partition coefficient (Wildman–Crippen LogP) is 2.53. The molecule has 2 rings (SSSR count). The fraction of sp³-hybridized carbons (Fsp3) is 1.00. The molecule has 2 atom stereocenters. The van der Waals surface area contributed by atoms with Crippen molar-refractivity contribution in [1.82, 2.24) is 10.2 Å². The van der Waals surface area contributed by atoms with E-state index >= 15 is 0 Å². The van der Waals surface area contributed by atoms with Crippen molar-refractivity contribution < 1.29 is 5.11 Å². The van der Waals surface area contributed by atoms with Gasteiger partial charge >= 0.3 is 0 Å². The fourth-order valence-corrected chi connectivity index (χ4v) is 3.39. The minimum atomic E-state index is -0.0117. The van der Waals surface area contributed by atoms with E-state index in [9.17, 15) is 5.11 Å². The highest BCUT2D eigenvalue weighted by molar-refractivity contribution is 5.01. The van der Waals surface area contributed by atoms with E-state index < -0.39 is 0 Å². The first-order chi connectivity index (χ1) is 8.92. The SMILES string of the molecule is CCC(C)(C)N(C)C1CCCC(CO)(NC2CC2)C1. The van der Waals surface area contributed by atoms with Crippen LogP contribution in [0.15, 0.2) is 0 Å². The molecule has 2 saturated carbocycles. The second-order valence-corrected chi connectivity index (χ2v) is 7.38. The summed E-state index contributed by atoms with van der Waals surface area (Å²) in [6.07, 6.45) is 8.49. The summed E-state index contributed by atoms with van der Waals surface area (Å²) in [4.78, 5) is 2.55. The van der Waals surface area contributed by atoms with Crippen LogP contribution in [0.25, 0.3) is 0 Å². The number of hydrogen-bond donors (Lipinski definition) is 2. The third-order valence-corrected chi connectivity index (χ3v) is 5.58. The molecule has 0 aliphatic heterocycles. The Morgan fingerprint density at radius 3 is 2.53 bits per heavy atom. The lowest BCUT2D eigenvalue weighted by Gasteiger charge is -2.48. The molecule has 0 heterocycles. The molecule has 2 aliphatic rings. The van der Waals surface area contributed by atoms with Gasteiger partial charge in [0.05, 0.1) is 6.61 Å².